The Labute approximate surface area is 207 Å². The minimum atomic E-state index is -4.29. The maximum absolute atomic E-state index is 14.4. The van der Waals surface area contributed by atoms with Gasteiger partial charge in [0.1, 0.15) is 22.3 Å². The van der Waals surface area contributed by atoms with Crippen molar-refractivity contribution in [1.29, 1.82) is 0 Å². The topological polar surface area (TPSA) is 75.4 Å². The molecule has 1 N–H and O–H groups in total. The summed E-state index contributed by atoms with van der Waals surface area (Å²) in [6.07, 6.45) is 3.98. The third kappa shape index (κ3) is 4.27. The summed E-state index contributed by atoms with van der Waals surface area (Å²) in [5, 5.41) is 14.1. The first kappa shape index (κ1) is 24.7. The van der Waals surface area contributed by atoms with E-state index >= 15 is 0 Å². The summed E-state index contributed by atoms with van der Waals surface area (Å²) in [6.45, 7) is 1.53. The highest BCUT2D eigenvalue weighted by Crippen LogP contribution is 2.47. The maximum atomic E-state index is 14.4. The molecule has 10 heteroatoms. The van der Waals surface area contributed by atoms with Crippen molar-refractivity contribution in [1.82, 2.24) is 14.1 Å². The van der Waals surface area contributed by atoms with E-state index in [1.54, 1.807) is 18.3 Å². The third-order valence-electron chi connectivity index (χ3n) is 7.21. The van der Waals surface area contributed by atoms with Crippen molar-refractivity contribution >= 4 is 10.0 Å². The van der Waals surface area contributed by atoms with Crippen molar-refractivity contribution in [3.63, 3.8) is 0 Å². The molecule has 2 atom stereocenters. The van der Waals surface area contributed by atoms with Crippen molar-refractivity contribution in [2.45, 2.75) is 37.0 Å². The monoisotopic (exact) mass is 517 g/mol. The Balaban J connectivity index is 1.43. The first-order valence-corrected chi connectivity index (χ1v) is 13.2. The van der Waals surface area contributed by atoms with Crippen LogP contribution in [0.25, 0.3) is 5.69 Å². The molecule has 0 amide bonds. The van der Waals surface area contributed by atoms with Crippen LogP contribution in [0.4, 0.5) is 13.2 Å². The van der Waals surface area contributed by atoms with Crippen molar-refractivity contribution in [3.8, 4) is 5.69 Å². The van der Waals surface area contributed by atoms with Crippen LogP contribution in [-0.4, -0.2) is 47.3 Å². The van der Waals surface area contributed by atoms with Gasteiger partial charge in [0.15, 0.2) is 0 Å². The second-order valence-corrected chi connectivity index (χ2v) is 11.2. The molecular formula is C26H26F3N3O3S. The number of nitrogens with zero attached hydrogens (tertiary/aromatic N) is 3. The molecule has 0 fully saturated rings. The third-order valence-corrected chi connectivity index (χ3v) is 9.11. The molecule has 6 nitrogen and oxygen atoms in total. The summed E-state index contributed by atoms with van der Waals surface area (Å²) in [7, 11) is -4.29. The van der Waals surface area contributed by atoms with Crippen molar-refractivity contribution in [3.05, 3.63) is 88.5 Å². The fourth-order valence-electron chi connectivity index (χ4n) is 5.57. The number of halogens is 3. The largest absolute Gasteiger partial charge is 0.395 e. The van der Waals surface area contributed by atoms with Gasteiger partial charge in [-0.15, -0.1) is 0 Å². The number of aliphatic hydroxyl groups excluding tert-OH is 1. The Morgan fingerprint density at radius 1 is 1.11 bits per heavy atom. The van der Waals surface area contributed by atoms with Crippen LogP contribution < -0.4 is 0 Å². The first-order chi connectivity index (χ1) is 17.2. The molecule has 0 spiro atoms. The van der Waals surface area contributed by atoms with E-state index in [2.05, 4.69) is 12.0 Å². The lowest BCUT2D eigenvalue weighted by atomic mass is 9.80. The fourth-order valence-corrected chi connectivity index (χ4v) is 7.09. The van der Waals surface area contributed by atoms with Crippen LogP contribution in [0.3, 0.4) is 0 Å². The molecule has 0 saturated heterocycles. The summed E-state index contributed by atoms with van der Waals surface area (Å²) in [6, 6.07) is 8.53. The van der Waals surface area contributed by atoms with Crippen molar-refractivity contribution in [2.24, 2.45) is 5.92 Å². The molecule has 0 unspecified atom stereocenters. The maximum Gasteiger partial charge on any atom is 0.246 e. The Morgan fingerprint density at radius 3 is 2.53 bits per heavy atom. The van der Waals surface area contributed by atoms with E-state index in [0.29, 0.717) is 12.5 Å². The number of sulfonamides is 1. The Bertz CT molecular complexity index is 1430. The second kappa shape index (κ2) is 9.49. The lowest BCUT2D eigenvalue weighted by Crippen LogP contribution is -2.38. The molecule has 0 aliphatic heterocycles. The molecular weight excluding hydrogens is 491 g/mol. The van der Waals surface area contributed by atoms with Crippen LogP contribution in [0.5, 0.6) is 0 Å². The van der Waals surface area contributed by atoms with E-state index < -0.39 is 33.2 Å². The molecule has 0 bridgehead atoms. The highest BCUT2D eigenvalue weighted by Gasteiger charge is 2.39. The number of fused-ring (bicyclic) bond motifs is 1. The zero-order valence-corrected chi connectivity index (χ0v) is 20.5. The number of aliphatic hydroxyl groups is 1. The van der Waals surface area contributed by atoms with Crippen LogP contribution >= 0.6 is 0 Å². The van der Waals surface area contributed by atoms with Crippen LogP contribution in [0.1, 0.15) is 36.9 Å². The van der Waals surface area contributed by atoms with Gasteiger partial charge in [0.05, 0.1) is 24.2 Å². The minimum Gasteiger partial charge on any atom is -0.395 e. The molecule has 36 heavy (non-hydrogen) atoms. The van der Waals surface area contributed by atoms with Gasteiger partial charge in [0.2, 0.25) is 10.0 Å². The SMILES string of the molecule is C[C@@H]1C2=C(CC[C@@H]2CN(CCO)S(=O)(=O)c2ccc(F)cc2F)Cc2c1cnn2-c1ccc(F)cc1. The number of hydrogen-bond donors (Lipinski definition) is 1. The van der Waals surface area contributed by atoms with E-state index in [1.165, 1.54) is 17.7 Å². The normalized spacial score (nSPS) is 19.6. The molecule has 5 rings (SSSR count). The first-order valence-electron chi connectivity index (χ1n) is 11.8. The molecule has 2 aliphatic rings. The number of benzene rings is 2. The van der Waals surface area contributed by atoms with Crippen molar-refractivity contribution < 1.29 is 26.7 Å². The van der Waals surface area contributed by atoms with Gasteiger partial charge in [0, 0.05) is 37.1 Å². The Morgan fingerprint density at radius 2 is 1.83 bits per heavy atom. The van der Waals surface area contributed by atoms with Gasteiger partial charge >= 0.3 is 0 Å². The Kier molecular flexibility index (Phi) is 6.52. The second-order valence-electron chi connectivity index (χ2n) is 9.29. The van der Waals surface area contributed by atoms with Gasteiger partial charge in [-0.2, -0.15) is 9.40 Å². The highest BCUT2D eigenvalue weighted by atomic mass is 32.2. The lowest BCUT2D eigenvalue weighted by molar-refractivity contribution is 0.243. The molecule has 0 radical (unpaired) electrons. The Hall–Kier alpha value is -2.95. The molecule has 2 aromatic carbocycles. The molecule has 1 aromatic heterocycles. The highest BCUT2D eigenvalue weighted by molar-refractivity contribution is 7.89. The van der Waals surface area contributed by atoms with E-state index in [9.17, 15) is 26.7 Å². The van der Waals surface area contributed by atoms with Crippen LogP contribution in [-0.2, 0) is 16.4 Å². The van der Waals surface area contributed by atoms with Gasteiger partial charge in [0.25, 0.3) is 0 Å². The summed E-state index contributed by atoms with van der Waals surface area (Å²) in [4.78, 5) is -0.607. The average Bonchev–Trinajstić information content (AvgIpc) is 3.44. The van der Waals surface area contributed by atoms with Crippen LogP contribution in [0, 0.1) is 23.4 Å². The number of allylic oxidation sites excluding steroid dienone is 1. The van der Waals surface area contributed by atoms with E-state index in [-0.39, 0.29) is 30.7 Å². The quantitative estimate of drug-likeness (QED) is 0.473. The average molecular weight is 518 g/mol. The zero-order chi connectivity index (χ0) is 25.6. The van der Waals surface area contributed by atoms with Gasteiger partial charge < -0.3 is 5.11 Å². The standard InChI is InChI=1S/C26H26F3N3O3S/c1-16-22-14-30-32(21-7-4-19(27)5-8-21)24(22)12-17-2-3-18(26(16)17)15-31(10-11-33)36(34,35)25-9-6-20(28)13-23(25)29/h4-9,13-14,16,18,33H,2-3,10-12,15H2,1H3/t16-,18+/m0/s1. The summed E-state index contributed by atoms with van der Waals surface area (Å²) in [5.74, 6) is -2.46. The van der Waals surface area contributed by atoms with Crippen molar-refractivity contribution in [2.75, 3.05) is 19.7 Å². The predicted octanol–water partition coefficient (Wildman–Crippen LogP) is 4.34. The number of rotatable bonds is 7. The van der Waals surface area contributed by atoms with Crippen LogP contribution in [0.15, 0.2) is 64.7 Å². The van der Waals surface area contributed by atoms with Gasteiger partial charge in [-0.25, -0.2) is 26.3 Å². The number of aromatic nitrogens is 2. The molecule has 3 aromatic rings. The zero-order valence-electron chi connectivity index (χ0n) is 19.7. The van der Waals surface area contributed by atoms with Gasteiger partial charge in [-0.3, -0.25) is 0 Å². The molecule has 2 aliphatic carbocycles. The summed E-state index contributed by atoms with van der Waals surface area (Å²) >= 11 is 0. The van der Waals surface area contributed by atoms with E-state index in [0.717, 1.165) is 51.8 Å². The van der Waals surface area contributed by atoms with Gasteiger partial charge in [-0.1, -0.05) is 18.1 Å². The lowest BCUT2D eigenvalue weighted by Gasteiger charge is -2.30. The van der Waals surface area contributed by atoms with E-state index in [4.69, 9.17) is 0 Å². The van der Waals surface area contributed by atoms with Gasteiger partial charge in [-0.05, 0) is 55.2 Å². The molecule has 1 heterocycles. The summed E-state index contributed by atoms with van der Waals surface area (Å²) in [5.41, 5.74) is 5.20. The smallest absolute Gasteiger partial charge is 0.246 e. The minimum absolute atomic E-state index is 0.00770. The number of hydrogen-bond acceptors (Lipinski definition) is 4. The van der Waals surface area contributed by atoms with E-state index in [1.807, 2.05) is 4.68 Å². The molecule has 0 saturated carbocycles. The fraction of sp³-hybridized carbons (Fsp3) is 0.346. The molecule has 190 valence electrons. The summed E-state index contributed by atoms with van der Waals surface area (Å²) < 4.78 is 70.6. The predicted molar refractivity (Wildman–Crippen MR) is 128 cm³/mol. The van der Waals surface area contributed by atoms with Crippen LogP contribution in [0.2, 0.25) is 0 Å².